The Morgan fingerprint density at radius 1 is 1.26 bits per heavy atom. The maximum atomic E-state index is 13.2. The fourth-order valence-electron chi connectivity index (χ4n) is 3.08. The van der Waals surface area contributed by atoms with Gasteiger partial charge < -0.3 is 4.74 Å². The van der Waals surface area contributed by atoms with Crippen LogP contribution in [0.15, 0.2) is 36.9 Å². The number of ketones is 1. The summed E-state index contributed by atoms with van der Waals surface area (Å²) in [5.41, 5.74) is -0.374. The fraction of sp³-hybridized carbons (Fsp3) is 0.471. The molecular formula is C17H20ClN3O2. The van der Waals surface area contributed by atoms with E-state index in [1.54, 1.807) is 24.3 Å². The third-order valence-electron chi connectivity index (χ3n) is 4.51. The molecule has 0 spiro atoms. The van der Waals surface area contributed by atoms with Gasteiger partial charge in [0.05, 0.1) is 0 Å². The van der Waals surface area contributed by atoms with Gasteiger partial charge in [0, 0.05) is 10.4 Å². The zero-order valence-corrected chi connectivity index (χ0v) is 13.9. The number of Topliss-reactive ketones (excluding diaryl/α,β-unsaturated/α-hetero) is 1. The van der Waals surface area contributed by atoms with Gasteiger partial charge in [-0.1, -0.05) is 37.8 Å². The molecular weight excluding hydrogens is 314 g/mol. The minimum Gasteiger partial charge on any atom is -0.461 e. The Balaban J connectivity index is 1.86. The molecule has 0 aliphatic heterocycles. The molecule has 1 fully saturated rings. The molecule has 1 aromatic heterocycles. The molecule has 122 valence electrons. The second-order valence-corrected chi connectivity index (χ2v) is 6.72. The number of rotatable bonds is 5. The molecule has 3 rings (SSSR count). The van der Waals surface area contributed by atoms with E-state index in [0.717, 1.165) is 25.7 Å². The predicted molar refractivity (Wildman–Crippen MR) is 87.3 cm³/mol. The standard InChI is InChI=1S/C17H20ClN3O2/c1-17(9-3-2-4-10-17)15(22)16(21-12-19-11-20-21)23-14-7-5-13(18)6-8-14/h5-8,11-12,16H,2-4,9-10H2,1H3. The minimum absolute atomic E-state index is 0.0534. The number of benzene rings is 1. The van der Waals surface area contributed by atoms with Gasteiger partial charge in [0.1, 0.15) is 18.4 Å². The zero-order valence-electron chi connectivity index (χ0n) is 13.1. The van der Waals surface area contributed by atoms with Gasteiger partial charge in [-0.25, -0.2) is 9.67 Å². The highest BCUT2D eigenvalue weighted by Crippen LogP contribution is 2.39. The normalized spacial score (nSPS) is 18.3. The molecule has 1 aliphatic rings. The third-order valence-corrected chi connectivity index (χ3v) is 4.77. The SMILES string of the molecule is CC1(C(=O)C(Oc2ccc(Cl)cc2)n2cncn2)CCCCC1. The van der Waals surface area contributed by atoms with Crippen LogP contribution in [0.3, 0.4) is 0 Å². The van der Waals surface area contributed by atoms with Crippen molar-refractivity contribution in [2.75, 3.05) is 0 Å². The van der Waals surface area contributed by atoms with Crippen molar-refractivity contribution in [1.29, 1.82) is 0 Å². The van der Waals surface area contributed by atoms with Crippen molar-refractivity contribution in [3.63, 3.8) is 0 Å². The molecule has 0 bridgehead atoms. The number of hydrogen-bond acceptors (Lipinski definition) is 4. The first-order valence-corrected chi connectivity index (χ1v) is 8.27. The van der Waals surface area contributed by atoms with Crippen LogP contribution in [0.4, 0.5) is 0 Å². The molecule has 1 aromatic carbocycles. The van der Waals surface area contributed by atoms with Crippen molar-refractivity contribution in [2.24, 2.45) is 5.41 Å². The van der Waals surface area contributed by atoms with Crippen molar-refractivity contribution in [1.82, 2.24) is 14.8 Å². The molecule has 5 nitrogen and oxygen atoms in total. The van der Waals surface area contributed by atoms with Crippen molar-refractivity contribution < 1.29 is 9.53 Å². The first-order chi connectivity index (χ1) is 11.1. The van der Waals surface area contributed by atoms with E-state index in [1.807, 2.05) is 6.92 Å². The number of nitrogens with zero attached hydrogens (tertiary/aromatic N) is 3. The second-order valence-electron chi connectivity index (χ2n) is 6.29. The number of ether oxygens (including phenoxy) is 1. The highest BCUT2D eigenvalue weighted by molar-refractivity contribution is 6.30. The maximum Gasteiger partial charge on any atom is 0.252 e. The summed E-state index contributed by atoms with van der Waals surface area (Å²) in [4.78, 5) is 17.1. The zero-order chi connectivity index (χ0) is 16.3. The first-order valence-electron chi connectivity index (χ1n) is 7.89. The summed E-state index contributed by atoms with van der Waals surface area (Å²) in [5.74, 6) is 0.639. The quantitative estimate of drug-likeness (QED) is 0.828. The Labute approximate surface area is 140 Å². The highest BCUT2D eigenvalue weighted by Gasteiger charge is 2.41. The molecule has 1 unspecified atom stereocenters. The summed E-state index contributed by atoms with van der Waals surface area (Å²) in [6.07, 6.45) is 7.25. The van der Waals surface area contributed by atoms with Crippen LogP contribution in [-0.2, 0) is 4.79 Å². The Bertz CT molecular complexity index is 649. The Kier molecular flexibility index (Phi) is 4.66. The lowest BCUT2D eigenvalue weighted by molar-refractivity contribution is -0.141. The molecule has 1 saturated carbocycles. The van der Waals surface area contributed by atoms with Gasteiger partial charge >= 0.3 is 0 Å². The Hall–Kier alpha value is -1.88. The lowest BCUT2D eigenvalue weighted by atomic mass is 9.72. The molecule has 6 heteroatoms. The summed E-state index contributed by atoms with van der Waals surface area (Å²) in [6.45, 7) is 2.03. The smallest absolute Gasteiger partial charge is 0.252 e. The Morgan fingerprint density at radius 2 is 1.96 bits per heavy atom. The van der Waals surface area contributed by atoms with E-state index in [0.29, 0.717) is 10.8 Å². The van der Waals surface area contributed by atoms with Crippen LogP contribution < -0.4 is 4.74 Å². The van der Waals surface area contributed by atoms with E-state index >= 15 is 0 Å². The molecule has 23 heavy (non-hydrogen) atoms. The summed E-state index contributed by atoms with van der Waals surface area (Å²) < 4.78 is 7.43. The van der Waals surface area contributed by atoms with E-state index in [-0.39, 0.29) is 11.2 Å². The van der Waals surface area contributed by atoms with Gasteiger partial charge in [0.2, 0.25) is 5.78 Å². The molecule has 0 N–H and O–H groups in total. The monoisotopic (exact) mass is 333 g/mol. The fourth-order valence-corrected chi connectivity index (χ4v) is 3.21. The van der Waals surface area contributed by atoms with Crippen LogP contribution in [0, 0.1) is 5.41 Å². The molecule has 1 heterocycles. The van der Waals surface area contributed by atoms with Gasteiger partial charge in [0.25, 0.3) is 6.23 Å². The van der Waals surface area contributed by atoms with Crippen LogP contribution in [0.5, 0.6) is 5.75 Å². The van der Waals surface area contributed by atoms with Crippen molar-refractivity contribution in [3.8, 4) is 5.75 Å². The molecule has 0 saturated heterocycles. The largest absolute Gasteiger partial charge is 0.461 e. The second kappa shape index (κ2) is 6.71. The van der Waals surface area contributed by atoms with Gasteiger partial charge in [-0.3, -0.25) is 4.79 Å². The molecule has 1 atom stereocenters. The third kappa shape index (κ3) is 3.55. The average molecular weight is 334 g/mol. The van der Waals surface area contributed by atoms with E-state index < -0.39 is 6.23 Å². The van der Waals surface area contributed by atoms with Gasteiger partial charge in [-0.15, -0.1) is 0 Å². The van der Waals surface area contributed by atoms with Crippen molar-refractivity contribution in [3.05, 3.63) is 41.9 Å². The molecule has 2 aromatic rings. The topological polar surface area (TPSA) is 57.0 Å². The number of halogens is 1. The average Bonchev–Trinajstić information content (AvgIpc) is 3.08. The number of aromatic nitrogens is 3. The van der Waals surface area contributed by atoms with Gasteiger partial charge in [-0.05, 0) is 37.1 Å². The summed E-state index contributed by atoms with van der Waals surface area (Å²) in [7, 11) is 0. The lowest BCUT2D eigenvalue weighted by Gasteiger charge is -2.34. The van der Waals surface area contributed by atoms with Crippen molar-refractivity contribution >= 4 is 17.4 Å². The van der Waals surface area contributed by atoms with E-state index in [9.17, 15) is 4.79 Å². The molecule has 1 aliphatic carbocycles. The molecule has 0 amide bonds. The predicted octanol–water partition coefficient (Wildman–Crippen LogP) is 4.05. The van der Waals surface area contributed by atoms with Crippen LogP contribution in [0.25, 0.3) is 0 Å². The first kappa shape index (κ1) is 16.0. The van der Waals surface area contributed by atoms with E-state index in [2.05, 4.69) is 10.1 Å². The number of hydrogen-bond donors (Lipinski definition) is 0. The summed E-state index contributed by atoms with van der Waals surface area (Å²) >= 11 is 5.90. The number of carbonyl (C=O) groups excluding carboxylic acids is 1. The molecule has 0 radical (unpaired) electrons. The minimum atomic E-state index is -0.804. The van der Waals surface area contributed by atoms with Crippen LogP contribution in [0.2, 0.25) is 5.02 Å². The Morgan fingerprint density at radius 3 is 2.57 bits per heavy atom. The lowest BCUT2D eigenvalue weighted by Crippen LogP contribution is -2.39. The van der Waals surface area contributed by atoms with E-state index in [4.69, 9.17) is 16.3 Å². The summed E-state index contributed by atoms with van der Waals surface area (Å²) in [6, 6.07) is 6.98. The van der Waals surface area contributed by atoms with Crippen LogP contribution in [-0.4, -0.2) is 20.5 Å². The van der Waals surface area contributed by atoms with Gasteiger partial charge in [-0.2, -0.15) is 5.10 Å². The van der Waals surface area contributed by atoms with Crippen molar-refractivity contribution in [2.45, 2.75) is 45.3 Å². The van der Waals surface area contributed by atoms with E-state index in [1.165, 1.54) is 23.8 Å². The summed E-state index contributed by atoms with van der Waals surface area (Å²) in [5, 5.41) is 4.74. The van der Waals surface area contributed by atoms with Crippen LogP contribution in [0.1, 0.15) is 45.3 Å². The van der Waals surface area contributed by atoms with Gasteiger partial charge in [0.15, 0.2) is 0 Å². The van der Waals surface area contributed by atoms with Crippen LogP contribution >= 0.6 is 11.6 Å². The number of carbonyl (C=O) groups is 1. The maximum absolute atomic E-state index is 13.2. The highest BCUT2D eigenvalue weighted by atomic mass is 35.5.